The molecule has 0 spiro atoms. The highest BCUT2D eigenvalue weighted by Crippen LogP contribution is 2.56. The van der Waals surface area contributed by atoms with E-state index in [1.54, 1.807) is 0 Å². The Labute approximate surface area is 366 Å². The van der Waals surface area contributed by atoms with Crippen molar-refractivity contribution < 1.29 is 4.42 Å². The number of nitrogens with zero attached hydrogens (tertiary/aromatic N) is 4. The van der Waals surface area contributed by atoms with Gasteiger partial charge in [-0.2, -0.15) is 4.99 Å². The van der Waals surface area contributed by atoms with Gasteiger partial charge in [0.2, 0.25) is 5.96 Å². The van der Waals surface area contributed by atoms with Crippen LogP contribution < -0.4 is 5.32 Å². The highest BCUT2D eigenvalue weighted by atomic mass is 32.2. The maximum absolute atomic E-state index is 6.81. The number of fused-ring (bicyclic) bond motifs is 13. The molecule has 0 saturated heterocycles. The molecule has 11 aromatic rings. The van der Waals surface area contributed by atoms with E-state index in [-0.39, 0.29) is 10.7 Å². The Bertz CT molecular complexity index is 3860. The quantitative estimate of drug-likeness (QED) is 0.193. The van der Waals surface area contributed by atoms with Crippen molar-refractivity contribution in [3.05, 3.63) is 205 Å². The molecule has 7 heteroatoms. The molecule has 0 radical (unpaired) electrons. The van der Waals surface area contributed by atoms with Gasteiger partial charge in [-0.3, -0.25) is 4.57 Å². The predicted molar refractivity (Wildman–Crippen MR) is 262 cm³/mol. The van der Waals surface area contributed by atoms with E-state index < -0.39 is 6.17 Å². The molecule has 298 valence electrons. The second-order valence-electron chi connectivity index (χ2n) is 17.1. The van der Waals surface area contributed by atoms with Crippen LogP contribution in [0.4, 0.5) is 0 Å². The summed E-state index contributed by atoms with van der Waals surface area (Å²) in [6, 6.07) is 60.8. The van der Waals surface area contributed by atoms with Crippen LogP contribution in [-0.4, -0.2) is 31.8 Å². The fraction of sp³-hybridized carbons (Fsp3) is 0.0714. The SMILES string of the molecule is CC12C=C(C3N=C(n4c5ccccc5c5ccccc54)N=C(c4cc(-n5c6ccccc6c6cc7ccccc7cc65)cc5oc6ccccc6c45)N3)C=CC1c1ccccc1S2. The van der Waals surface area contributed by atoms with Gasteiger partial charge in [-0.05, 0) is 77.4 Å². The normalized spacial score (nSPS) is 19.5. The maximum atomic E-state index is 6.81. The zero-order valence-electron chi connectivity index (χ0n) is 34.2. The third kappa shape index (κ3) is 5.08. The van der Waals surface area contributed by atoms with Crippen molar-refractivity contribution in [3.63, 3.8) is 0 Å². The Kier molecular flexibility index (Phi) is 7.20. The Balaban J connectivity index is 1.03. The molecule has 6 nitrogen and oxygen atoms in total. The summed E-state index contributed by atoms with van der Waals surface area (Å²) in [5.74, 6) is 1.64. The van der Waals surface area contributed by atoms with Gasteiger partial charge in [-0.1, -0.05) is 133 Å². The van der Waals surface area contributed by atoms with Crippen LogP contribution in [0, 0.1) is 0 Å². The lowest BCUT2D eigenvalue weighted by atomic mass is 9.81. The van der Waals surface area contributed by atoms with Crippen LogP contribution in [0.2, 0.25) is 0 Å². The number of amidine groups is 1. The zero-order chi connectivity index (χ0) is 41.4. The number of benzene rings is 8. The van der Waals surface area contributed by atoms with E-state index in [2.05, 4.69) is 203 Å². The van der Waals surface area contributed by atoms with Gasteiger partial charge in [0.25, 0.3) is 0 Å². The number of nitrogens with one attached hydrogen (secondary N) is 1. The van der Waals surface area contributed by atoms with Crippen molar-refractivity contribution in [3.8, 4) is 5.69 Å². The van der Waals surface area contributed by atoms with Crippen LogP contribution in [0.3, 0.4) is 0 Å². The molecule has 0 saturated carbocycles. The second-order valence-corrected chi connectivity index (χ2v) is 18.7. The summed E-state index contributed by atoms with van der Waals surface area (Å²) in [5, 5.41) is 13.1. The maximum Gasteiger partial charge on any atom is 0.234 e. The number of furan rings is 1. The molecule has 0 fully saturated rings. The van der Waals surface area contributed by atoms with Crippen LogP contribution in [0.5, 0.6) is 0 Å². The number of rotatable bonds is 3. The van der Waals surface area contributed by atoms with Gasteiger partial charge < -0.3 is 14.3 Å². The first-order valence-electron chi connectivity index (χ1n) is 21.5. The zero-order valence-corrected chi connectivity index (χ0v) is 35.0. The molecule has 3 unspecified atom stereocenters. The van der Waals surface area contributed by atoms with Crippen molar-refractivity contribution in [2.45, 2.75) is 28.6 Å². The average Bonchev–Trinajstić information content (AvgIpc) is 4.05. The van der Waals surface area contributed by atoms with E-state index in [1.165, 1.54) is 42.8 Å². The molecule has 3 aromatic heterocycles. The fourth-order valence-corrected chi connectivity index (χ4v) is 12.1. The van der Waals surface area contributed by atoms with Crippen LogP contribution in [-0.2, 0) is 0 Å². The van der Waals surface area contributed by atoms with E-state index >= 15 is 0 Å². The third-order valence-electron chi connectivity index (χ3n) is 13.5. The van der Waals surface area contributed by atoms with Crippen molar-refractivity contribution in [2.75, 3.05) is 0 Å². The Morgan fingerprint density at radius 2 is 1.24 bits per heavy atom. The number of thioether (sulfide) groups is 1. The summed E-state index contributed by atoms with van der Waals surface area (Å²) in [4.78, 5) is 12.5. The van der Waals surface area contributed by atoms with Gasteiger partial charge >= 0.3 is 0 Å². The molecule has 14 rings (SSSR count). The van der Waals surface area contributed by atoms with Gasteiger partial charge in [0.1, 0.15) is 23.2 Å². The Morgan fingerprint density at radius 3 is 2.02 bits per heavy atom. The fourth-order valence-electron chi connectivity index (χ4n) is 10.7. The molecular weight excluding hydrogens is 791 g/mol. The molecule has 8 aromatic carbocycles. The predicted octanol–water partition coefficient (Wildman–Crippen LogP) is 13.7. The molecule has 5 heterocycles. The van der Waals surface area contributed by atoms with Gasteiger partial charge in [-0.25, -0.2) is 4.99 Å². The van der Waals surface area contributed by atoms with Crippen LogP contribution in [0.15, 0.2) is 213 Å². The highest BCUT2D eigenvalue weighted by Gasteiger charge is 2.43. The lowest BCUT2D eigenvalue weighted by Gasteiger charge is -2.33. The number of para-hydroxylation sites is 4. The van der Waals surface area contributed by atoms with E-state index in [4.69, 9.17) is 14.4 Å². The molecule has 1 aliphatic carbocycles. The number of aromatic nitrogens is 2. The van der Waals surface area contributed by atoms with Crippen molar-refractivity contribution in [1.82, 2.24) is 14.5 Å². The van der Waals surface area contributed by atoms with Crippen molar-refractivity contribution in [1.29, 1.82) is 0 Å². The first-order valence-corrected chi connectivity index (χ1v) is 22.4. The van der Waals surface area contributed by atoms with Crippen LogP contribution >= 0.6 is 11.8 Å². The third-order valence-corrected chi connectivity index (χ3v) is 14.9. The summed E-state index contributed by atoms with van der Waals surface area (Å²) in [6.45, 7) is 2.36. The highest BCUT2D eigenvalue weighted by molar-refractivity contribution is 8.01. The van der Waals surface area contributed by atoms with Gasteiger partial charge in [0, 0.05) is 59.5 Å². The van der Waals surface area contributed by atoms with Gasteiger partial charge in [0.05, 0.1) is 27.8 Å². The first-order chi connectivity index (χ1) is 31.1. The van der Waals surface area contributed by atoms with Crippen molar-refractivity contribution >= 4 is 99.9 Å². The summed E-state index contributed by atoms with van der Waals surface area (Å²) in [6.07, 6.45) is 6.68. The van der Waals surface area contributed by atoms with Crippen molar-refractivity contribution in [2.24, 2.45) is 9.98 Å². The number of hydrogen-bond donors (Lipinski definition) is 1. The number of hydrogen-bond acceptors (Lipinski definition) is 5. The standard InChI is InChI=1S/C56H37N5OS/c1-56-32-35(26-27-44(56)40-19-8-13-25-51(40)63-56)53-57-54(59-55(58-53)61-46-22-10-4-16-37(46)38-17-5-11-23-47(38)61)43-30-36(31-50-52(43)41-20-7-12-24-49(41)62-50)60-45-21-9-6-18-39(45)42-28-33-14-2-3-15-34(33)29-48(42)60/h2-32,44,53H,1H3,(H,57,58,59). The van der Waals surface area contributed by atoms with Gasteiger partial charge in [-0.15, -0.1) is 11.8 Å². The monoisotopic (exact) mass is 827 g/mol. The average molecular weight is 828 g/mol. The molecule has 3 aliphatic rings. The van der Waals surface area contributed by atoms with Gasteiger partial charge in [0.15, 0.2) is 0 Å². The minimum Gasteiger partial charge on any atom is -0.456 e. The van der Waals surface area contributed by atoms with E-state index in [1.807, 2.05) is 17.8 Å². The largest absolute Gasteiger partial charge is 0.456 e. The molecule has 0 amide bonds. The molecule has 0 bridgehead atoms. The molecule has 1 N–H and O–H groups in total. The Morgan fingerprint density at radius 1 is 0.603 bits per heavy atom. The van der Waals surface area contributed by atoms with E-state index in [9.17, 15) is 0 Å². The minimum atomic E-state index is -0.428. The summed E-state index contributed by atoms with van der Waals surface area (Å²) in [5.41, 5.74) is 10.5. The molecule has 63 heavy (non-hydrogen) atoms. The number of aliphatic imine (C=N–C) groups is 2. The second kappa shape index (κ2) is 13.0. The Hall–Kier alpha value is -7.61. The smallest absolute Gasteiger partial charge is 0.234 e. The van der Waals surface area contributed by atoms with Crippen LogP contribution in [0.25, 0.3) is 82.0 Å². The summed E-state index contributed by atoms with van der Waals surface area (Å²) < 4.78 is 11.3. The summed E-state index contributed by atoms with van der Waals surface area (Å²) >= 11 is 1.94. The van der Waals surface area contributed by atoms with Crippen LogP contribution in [0.1, 0.15) is 24.0 Å². The molecular formula is C56H37N5OS. The molecule has 3 atom stereocenters. The van der Waals surface area contributed by atoms with E-state index in [0.717, 1.165) is 66.7 Å². The minimum absolute atomic E-state index is 0.165. The number of allylic oxidation sites excluding steroid dienone is 1. The lowest BCUT2D eigenvalue weighted by Crippen LogP contribution is -2.42. The lowest BCUT2D eigenvalue weighted by molar-refractivity contribution is 0.658. The summed E-state index contributed by atoms with van der Waals surface area (Å²) in [7, 11) is 0. The van der Waals surface area contributed by atoms with E-state index in [0.29, 0.717) is 5.96 Å². The molecule has 2 aliphatic heterocycles. The topological polar surface area (TPSA) is 59.8 Å². The first kappa shape index (κ1) is 35.0.